The van der Waals surface area contributed by atoms with Crippen LogP contribution in [0.25, 0.3) is 0 Å². The number of sulfonamides is 1. The Morgan fingerprint density at radius 3 is 2.79 bits per heavy atom. The number of anilines is 3. The maximum absolute atomic E-state index is 11.8. The highest BCUT2D eigenvalue weighted by Gasteiger charge is 2.28. The van der Waals surface area contributed by atoms with Gasteiger partial charge in [0.15, 0.2) is 5.82 Å². The van der Waals surface area contributed by atoms with Crippen molar-refractivity contribution in [1.82, 2.24) is 19.6 Å². The molecule has 1 aromatic heterocycles. The van der Waals surface area contributed by atoms with E-state index in [1.165, 1.54) is 16.7 Å². The summed E-state index contributed by atoms with van der Waals surface area (Å²) in [5.41, 5.74) is 2.23. The van der Waals surface area contributed by atoms with Crippen molar-refractivity contribution in [2.24, 2.45) is 0 Å². The van der Waals surface area contributed by atoms with Crippen molar-refractivity contribution in [2.75, 3.05) is 35.7 Å². The van der Waals surface area contributed by atoms with E-state index in [-0.39, 0.29) is 12.1 Å². The van der Waals surface area contributed by atoms with Gasteiger partial charge in [-0.3, -0.25) is 4.90 Å². The first kappa shape index (κ1) is 24.5. The molecule has 0 amide bonds. The molecule has 1 fully saturated rings. The minimum Gasteiger partial charge on any atom is -0.364 e. The predicted octanol–water partition coefficient (Wildman–Crippen LogP) is 4.07. The molecule has 4 rings (SSSR count). The van der Waals surface area contributed by atoms with Crippen molar-refractivity contribution in [3.63, 3.8) is 0 Å². The maximum Gasteiger partial charge on any atom is 0.229 e. The third-order valence-corrected chi connectivity index (χ3v) is 8.12. The molecule has 180 valence electrons. The third-order valence-electron chi connectivity index (χ3n) is 6.02. The van der Waals surface area contributed by atoms with Crippen LogP contribution in [-0.4, -0.2) is 60.5 Å². The average Bonchev–Trinajstić information content (AvgIpc) is 2.98. The van der Waals surface area contributed by atoms with Gasteiger partial charge in [-0.05, 0) is 43.1 Å². The van der Waals surface area contributed by atoms with Crippen LogP contribution in [0.4, 0.5) is 17.5 Å². The molecule has 2 aliphatic rings. The van der Waals surface area contributed by atoms with E-state index in [9.17, 15) is 8.42 Å². The number of aromatic nitrogens is 2. The summed E-state index contributed by atoms with van der Waals surface area (Å²) in [7, 11) is -3.30. The van der Waals surface area contributed by atoms with Gasteiger partial charge in [0.1, 0.15) is 5.02 Å². The minimum atomic E-state index is -3.30. The number of hydrogen-bond donors (Lipinski definition) is 3. The molecule has 8 nitrogen and oxygen atoms in total. The highest BCUT2D eigenvalue weighted by atomic mass is 35.5. The van der Waals surface area contributed by atoms with E-state index < -0.39 is 10.0 Å². The first-order valence-electron chi connectivity index (χ1n) is 11.3. The summed E-state index contributed by atoms with van der Waals surface area (Å²) in [5.74, 6) is 2.04. The van der Waals surface area contributed by atoms with E-state index in [0.29, 0.717) is 16.8 Å². The van der Waals surface area contributed by atoms with Gasteiger partial charge in [-0.2, -0.15) is 4.98 Å². The fourth-order valence-electron chi connectivity index (χ4n) is 4.35. The maximum atomic E-state index is 11.8. The number of halogens is 1. The van der Waals surface area contributed by atoms with E-state index in [1.807, 2.05) is 17.8 Å². The van der Waals surface area contributed by atoms with Crippen molar-refractivity contribution in [1.29, 1.82) is 0 Å². The molecule has 2 aromatic rings. The Kier molecular flexibility index (Phi) is 8.01. The number of nitrogens with zero attached hydrogens (tertiary/aromatic N) is 3. The standard InChI is InChI=1S/C22H31ClN6O2S2/c1-3-29-10-11-32-20-9-8-16(12-15(20)14-29)25-22-24-13-17(23)21(27-22)26-18-6-4-5-7-19(18)28-33(2,30)31/h8-9,12-13,18-19,28H,3-7,10-11,14H2,1-2H3,(H2,24,25,26,27)/t18-,19-/m1/s1. The van der Waals surface area contributed by atoms with Crippen LogP contribution in [0.15, 0.2) is 29.3 Å². The fourth-order valence-corrected chi connectivity index (χ4v) is 6.37. The zero-order chi connectivity index (χ0) is 23.4. The van der Waals surface area contributed by atoms with Crippen LogP contribution in [0.5, 0.6) is 0 Å². The van der Waals surface area contributed by atoms with Gasteiger partial charge < -0.3 is 10.6 Å². The highest BCUT2D eigenvalue weighted by molar-refractivity contribution is 7.99. The summed E-state index contributed by atoms with van der Waals surface area (Å²) in [4.78, 5) is 12.7. The molecule has 3 N–H and O–H groups in total. The topological polar surface area (TPSA) is 99.2 Å². The lowest BCUT2D eigenvalue weighted by Gasteiger charge is -2.32. The number of nitrogens with one attached hydrogen (secondary N) is 3. The number of benzene rings is 1. The molecule has 33 heavy (non-hydrogen) atoms. The summed E-state index contributed by atoms with van der Waals surface area (Å²) in [6.45, 7) is 5.24. The van der Waals surface area contributed by atoms with Crippen LogP contribution in [-0.2, 0) is 16.6 Å². The number of thioether (sulfide) groups is 1. The molecule has 2 atom stereocenters. The van der Waals surface area contributed by atoms with Crippen molar-refractivity contribution >= 4 is 50.8 Å². The highest BCUT2D eigenvalue weighted by Crippen LogP contribution is 2.31. The van der Waals surface area contributed by atoms with Crippen LogP contribution < -0.4 is 15.4 Å². The zero-order valence-corrected chi connectivity index (χ0v) is 21.4. The van der Waals surface area contributed by atoms with E-state index in [4.69, 9.17) is 11.6 Å². The van der Waals surface area contributed by atoms with Gasteiger partial charge in [-0.25, -0.2) is 18.1 Å². The average molecular weight is 511 g/mol. The van der Waals surface area contributed by atoms with Gasteiger partial charge in [0.2, 0.25) is 16.0 Å². The van der Waals surface area contributed by atoms with Crippen molar-refractivity contribution in [3.05, 3.63) is 35.0 Å². The summed E-state index contributed by atoms with van der Waals surface area (Å²) >= 11 is 8.28. The Morgan fingerprint density at radius 1 is 1.24 bits per heavy atom. The SMILES string of the molecule is CCN1CCSc2ccc(Nc3ncc(Cl)c(N[C@@H]4CCCC[C@H]4NS(C)(=O)=O)n3)cc2C1. The molecule has 1 saturated carbocycles. The van der Waals surface area contributed by atoms with Crippen LogP contribution in [0.1, 0.15) is 38.2 Å². The van der Waals surface area contributed by atoms with E-state index in [2.05, 4.69) is 49.3 Å². The van der Waals surface area contributed by atoms with Crippen molar-refractivity contribution in [2.45, 2.75) is 56.1 Å². The second kappa shape index (κ2) is 10.8. The Morgan fingerprint density at radius 2 is 2.03 bits per heavy atom. The van der Waals surface area contributed by atoms with Crippen LogP contribution in [0.3, 0.4) is 0 Å². The van der Waals surface area contributed by atoms with Crippen LogP contribution in [0, 0.1) is 0 Å². The first-order valence-corrected chi connectivity index (χ1v) is 14.6. The molecule has 1 aliphatic heterocycles. The van der Waals surface area contributed by atoms with Crippen LogP contribution in [0.2, 0.25) is 5.02 Å². The molecule has 11 heteroatoms. The Bertz CT molecular complexity index is 1080. The summed E-state index contributed by atoms with van der Waals surface area (Å²) in [6, 6.07) is 6.08. The zero-order valence-electron chi connectivity index (χ0n) is 19.0. The van der Waals surface area contributed by atoms with Gasteiger partial charge >= 0.3 is 0 Å². The third kappa shape index (κ3) is 6.73. The lowest BCUT2D eigenvalue weighted by atomic mass is 9.91. The molecule has 1 aliphatic carbocycles. The van der Waals surface area contributed by atoms with E-state index >= 15 is 0 Å². The van der Waals surface area contributed by atoms with Gasteiger partial charge in [-0.1, -0.05) is 31.4 Å². The summed E-state index contributed by atoms with van der Waals surface area (Å²) in [6.07, 6.45) is 6.39. The first-order chi connectivity index (χ1) is 15.8. The predicted molar refractivity (Wildman–Crippen MR) is 136 cm³/mol. The second-order valence-corrected chi connectivity index (χ2v) is 11.9. The number of fused-ring (bicyclic) bond motifs is 1. The van der Waals surface area contributed by atoms with Crippen LogP contribution >= 0.6 is 23.4 Å². The van der Waals surface area contributed by atoms with Crippen molar-refractivity contribution in [3.8, 4) is 0 Å². The Balaban J connectivity index is 1.50. The molecule has 0 spiro atoms. The van der Waals surface area contributed by atoms with Gasteiger partial charge in [0.05, 0.1) is 12.5 Å². The normalized spacial score (nSPS) is 21.8. The quantitative estimate of drug-likeness (QED) is 0.512. The molecule has 0 bridgehead atoms. The molecule has 0 unspecified atom stereocenters. The van der Waals surface area contributed by atoms with Crippen molar-refractivity contribution < 1.29 is 8.42 Å². The number of rotatable bonds is 7. The summed E-state index contributed by atoms with van der Waals surface area (Å²) < 4.78 is 26.3. The monoisotopic (exact) mass is 510 g/mol. The lowest BCUT2D eigenvalue weighted by Crippen LogP contribution is -2.48. The Labute approximate surface area is 205 Å². The lowest BCUT2D eigenvalue weighted by molar-refractivity contribution is 0.299. The molecule has 2 heterocycles. The molecular formula is C22H31ClN6O2S2. The van der Waals surface area contributed by atoms with E-state index in [0.717, 1.165) is 56.8 Å². The molecular weight excluding hydrogens is 480 g/mol. The second-order valence-electron chi connectivity index (χ2n) is 8.59. The molecule has 0 radical (unpaired) electrons. The molecule has 0 saturated heterocycles. The van der Waals surface area contributed by atoms with Gasteiger partial charge in [-0.15, -0.1) is 11.8 Å². The number of hydrogen-bond acceptors (Lipinski definition) is 8. The largest absolute Gasteiger partial charge is 0.364 e. The smallest absolute Gasteiger partial charge is 0.229 e. The Hall–Kier alpha value is -1.59. The van der Waals surface area contributed by atoms with Gasteiger partial charge in [0.25, 0.3) is 0 Å². The van der Waals surface area contributed by atoms with E-state index in [1.54, 1.807) is 6.20 Å². The molecule has 1 aromatic carbocycles. The minimum absolute atomic E-state index is 0.0849. The fraction of sp³-hybridized carbons (Fsp3) is 0.545. The van der Waals surface area contributed by atoms with Gasteiger partial charge in [0, 0.05) is 41.5 Å². The summed E-state index contributed by atoms with van der Waals surface area (Å²) in [5, 5.41) is 7.06.